The van der Waals surface area contributed by atoms with Crippen LogP contribution in [0, 0.1) is 17.8 Å². The summed E-state index contributed by atoms with van der Waals surface area (Å²) >= 11 is 0. The molecule has 3 rings (SSSR count). The fraction of sp³-hybridized carbons (Fsp3) is 0.812. The summed E-state index contributed by atoms with van der Waals surface area (Å²) < 4.78 is 0. The monoisotopic (exact) mass is 232 g/mol. The molecule has 0 N–H and O–H groups in total. The van der Waals surface area contributed by atoms with Gasteiger partial charge in [0.1, 0.15) is 5.78 Å². The number of fused-ring (bicyclic) bond motifs is 2. The zero-order valence-electron chi connectivity index (χ0n) is 10.8. The lowest BCUT2D eigenvalue weighted by atomic mass is 9.83. The number of carbonyl (C=O) groups is 1. The molecule has 1 nitrogen and oxygen atoms in total. The molecule has 3 unspecified atom stereocenters. The molecule has 0 radical (unpaired) electrons. The fourth-order valence-electron chi connectivity index (χ4n) is 4.31. The number of allylic oxidation sites excluding steroid dienone is 2. The second kappa shape index (κ2) is 4.96. The minimum absolute atomic E-state index is 0.524. The second-order valence-electron chi connectivity index (χ2n) is 6.46. The molecule has 0 aromatic carbocycles. The summed E-state index contributed by atoms with van der Waals surface area (Å²) in [4.78, 5) is 12.1. The molecule has 0 aliphatic heterocycles. The van der Waals surface area contributed by atoms with Crippen molar-refractivity contribution in [3.05, 3.63) is 11.6 Å². The summed E-state index contributed by atoms with van der Waals surface area (Å²) in [6.07, 6.45) is 14.6. The molecular weight excluding hydrogens is 208 g/mol. The van der Waals surface area contributed by atoms with Gasteiger partial charge in [-0.1, -0.05) is 18.1 Å². The fourth-order valence-corrected chi connectivity index (χ4v) is 4.31. The molecule has 3 aliphatic carbocycles. The summed E-state index contributed by atoms with van der Waals surface area (Å²) in [6.45, 7) is 0. The molecule has 2 bridgehead atoms. The molecule has 2 fully saturated rings. The van der Waals surface area contributed by atoms with Crippen LogP contribution < -0.4 is 0 Å². The Labute approximate surface area is 105 Å². The van der Waals surface area contributed by atoms with Crippen molar-refractivity contribution in [1.29, 1.82) is 0 Å². The van der Waals surface area contributed by atoms with Crippen molar-refractivity contribution in [2.75, 3.05) is 0 Å². The zero-order chi connectivity index (χ0) is 11.7. The van der Waals surface area contributed by atoms with E-state index in [0.717, 1.165) is 30.6 Å². The minimum atomic E-state index is 0.524. The first-order chi connectivity index (χ1) is 8.31. The van der Waals surface area contributed by atoms with Gasteiger partial charge in [-0.3, -0.25) is 4.79 Å². The van der Waals surface area contributed by atoms with Gasteiger partial charge in [0.2, 0.25) is 0 Å². The van der Waals surface area contributed by atoms with Crippen molar-refractivity contribution in [3.8, 4) is 0 Å². The Balaban J connectivity index is 1.48. The Morgan fingerprint density at radius 3 is 2.82 bits per heavy atom. The molecule has 0 aromatic rings. The summed E-state index contributed by atoms with van der Waals surface area (Å²) in [7, 11) is 0. The van der Waals surface area contributed by atoms with Crippen LogP contribution in [0.4, 0.5) is 0 Å². The Morgan fingerprint density at radius 2 is 2.18 bits per heavy atom. The van der Waals surface area contributed by atoms with E-state index in [9.17, 15) is 4.79 Å². The van der Waals surface area contributed by atoms with E-state index in [1.807, 2.05) is 0 Å². The Bertz CT molecular complexity index is 328. The number of rotatable bonds is 4. The molecule has 3 aliphatic rings. The van der Waals surface area contributed by atoms with E-state index in [1.165, 1.54) is 56.9 Å². The van der Waals surface area contributed by atoms with Crippen molar-refractivity contribution < 1.29 is 4.79 Å². The first kappa shape index (κ1) is 11.5. The lowest BCUT2D eigenvalue weighted by Crippen LogP contribution is -2.15. The molecule has 1 heteroatoms. The first-order valence-electron chi connectivity index (χ1n) is 7.51. The van der Waals surface area contributed by atoms with Crippen molar-refractivity contribution in [1.82, 2.24) is 0 Å². The lowest BCUT2D eigenvalue weighted by molar-refractivity contribution is -0.119. The van der Waals surface area contributed by atoms with Gasteiger partial charge in [-0.15, -0.1) is 0 Å². The molecule has 2 saturated carbocycles. The van der Waals surface area contributed by atoms with Gasteiger partial charge in [0.15, 0.2) is 0 Å². The van der Waals surface area contributed by atoms with E-state index in [-0.39, 0.29) is 0 Å². The average molecular weight is 232 g/mol. The van der Waals surface area contributed by atoms with Crippen LogP contribution in [0.3, 0.4) is 0 Å². The molecule has 0 saturated heterocycles. The van der Waals surface area contributed by atoms with Gasteiger partial charge in [-0.25, -0.2) is 0 Å². The number of hydrogen-bond donors (Lipinski definition) is 0. The van der Waals surface area contributed by atoms with Crippen molar-refractivity contribution in [3.63, 3.8) is 0 Å². The average Bonchev–Trinajstić information content (AvgIpc) is 2.92. The van der Waals surface area contributed by atoms with Crippen molar-refractivity contribution in [2.24, 2.45) is 17.8 Å². The van der Waals surface area contributed by atoms with E-state index in [1.54, 1.807) is 0 Å². The van der Waals surface area contributed by atoms with Crippen LogP contribution in [-0.4, -0.2) is 5.78 Å². The number of ketones is 1. The number of hydrogen-bond acceptors (Lipinski definition) is 1. The van der Waals surface area contributed by atoms with Gasteiger partial charge in [-0.2, -0.15) is 0 Å². The maximum atomic E-state index is 12.1. The Hall–Kier alpha value is -0.590. The van der Waals surface area contributed by atoms with Crippen LogP contribution in [0.15, 0.2) is 11.6 Å². The quantitative estimate of drug-likeness (QED) is 0.661. The van der Waals surface area contributed by atoms with Gasteiger partial charge >= 0.3 is 0 Å². The van der Waals surface area contributed by atoms with E-state index in [4.69, 9.17) is 0 Å². The van der Waals surface area contributed by atoms with Crippen LogP contribution >= 0.6 is 0 Å². The highest BCUT2D eigenvalue weighted by atomic mass is 16.1. The summed E-state index contributed by atoms with van der Waals surface area (Å²) in [5.74, 6) is 3.16. The standard InChI is InChI=1S/C16H24O/c17-16(10-12-4-2-1-3-5-12)11-15-9-13-6-7-14(15)8-13/h4,13-15H,1-3,5-11H2. The van der Waals surface area contributed by atoms with E-state index in [0.29, 0.717) is 5.78 Å². The highest BCUT2D eigenvalue weighted by Gasteiger charge is 2.39. The molecule has 0 aromatic heterocycles. The molecule has 0 spiro atoms. The van der Waals surface area contributed by atoms with Crippen LogP contribution in [-0.2, 0) is 4.79 Å². The van der Waals surface area contributed by atoms with Gasteiger partial charge in [0.25, 0.3) is 0 Å². The number of carbonyl (C=O) groups excluding carboxylic acids is 1. The molecule has 17 heavy (non-hydrogen) atoms. The third-order valence-corrected chi connectivity index (χ3v) is 5.18. The van der Waals surface area contributed by atoms with E-state index < -0.39 is 0 Å². The highest BCUT2D eigenvalue weighted by Crippen LogP contribution is 2.49. The van der Waals surface area contributed by atoms with E-state index in [2.05, 4.69) is 6.08 Å². The largest absolute Gasteiger partial charge is 0.299 e. The normalized spacial score (nSPS) is 36.0. The van der Waals surface area contributed by atoms with Crippen LogP contribution in [0.25, 0.3) is 0 Å². The third-order valence-electron chi connectivity index (χ3n) is 5.18. The Morgan fingerprint density at radius 1 is 1.24 bits per heavy atom. The predicted molar refractivity (Wildman–Crippen MR) is 69.7 cm³/mol. The molecular formula is C16H24O. The van der Waals surface area contributed by atoms with Crippen LogP contribution in [0.2, 0.25) is 0 Å². The minimum Gasteiger partial charge on any atom is -0.299 e. The maximum absolute atomic E-state index is 12.1. The van der Waals surface area contributed by atoms with Gasteiger partial charge in [0, 0.05) is 12.8 Å². The maximum Gasteiger partial charge on any atom is 0.137 e. The lowest BCUT2D eigenvalue weighted by Gasteiger charge is -2.21. The molecule has 3 atom stereocenters. The van der Waals surface area contributed by atoms with Crippen molar-refractivity contribution >= 4 is 5.78 Å². The van der Waals surface area contributed by atoms with Gasteiger partial charge in [-0.05, 0) is 62.7 Å². The summed E-state index contributed by atoms with van der Waals surface area (Å²) in [6, 6.07) is 0. The number of Topliss-reactive ketones (excluding diaryl/α,β-unsaturated/α-hetero) is 1. The van der Waals surface area contributed by atoms with Crippen LogP contribution in [0.5, 0.6) is 0 Å². The first-order valence-corrected chi connectivity index (χ1v) is 7.51. The molecule has 0 heterocycles. The smallest absolute Gasteiger partial charge is 0.137 e. The SMILES string of the molecule is O=C(CC1=CCCCC1)CC1CC2CCC1C2. The Kier molecular flexibility index (Phi) is 3.35. The third kappa shape index (κ3) is 2.64. The molecule has 0 amide bonds. The van der Waals surface area contributed by atoms with Gasteiger partial charge < -0.3 is 0 Å². The van der Waals surface area contributed by atoms with Crippen molar-refractivity contribution in [2.45, 2.75) is 64.2 Å². The zero-order valence-corrected chi connectivity index (χ0v) is 10.8. The van der Waals surface area contributed by atoms with Gasteiger partial charge in [0.05, 0.1) is 0 Å². The summed E-state index contributed by atoms with van der Waals surface area (Å²) in [5.41, 5.74) is 1.43. The van der Waals surface area contributed by atoms with Crippen LogP contribution in [0.1, 0.15) is 64.2 Å². The molecule has 94 valence electrons. The summed E-state index contributed by atoms with van der Waals surface area (Å²) in [5, 5.41) is 0. The highest BCUT2D eigenvalue weighted by molar-refractivity contribution is 5.81. The topological polar surface area (TPSA) is 17.1 Å². The van der Waals surface area contributed by atoms with E-state index >= 15 is 0 Å². The second-order valence-corrected chi connectivity index (χ2v) is 6.46. The predicted octanol–water partition coefficient (Wildman–Crippen LogP) is 4.27.